The third-order valence-corrected chi connectivity index (χ3v) is 6.63. The van der Waals surface area contributed by atoms with Crippen molar-refractivity contribution in [3.8, 4) is 6.07 Å². The lowest BCUT2D eigenvalue weighted by Crippen LogP contribution is -2.49. The first kappa shape index (κ1) is 21.4. The zero-order valence-corrected chi connectivity index (χ0v) is 18.9. The summed E-state index contributed by atoms with van der Waals surface area (Å²) in [5, 5.41) is 16.2. The molecule has 31 heavy (non-hydrogen) atoms. The average molecular weight is 420 g/mol. The van der Waals surface area contributed by atoms with Crippen molar-refractivity contribution >= 4 is 23.1 Å². The minimum Gasteiger partial charge on any atom is -0.373 e. The number of fused-ring (bicyclic) bond motifs is 1. The Hall–Kier alpha value is -2.85. The molecule has 2 aromatic rings. The number of anilines is 4. The van der Waals surface area contributed by atoms with Gasteiger partial charge in [-0.05, 0) is 69.3 Å². The fraction of sp³-hybridized carbons (Fsp3) is 0.542. The Bertz CT molecular complexity index is 947. The largest absolute Gasteiger partial charge is 0.373 e. The summed E-state index contributed by atoms with van der Waals surface area (Å²) in [6.45, 7) is 5.38. The quantitative estimate of drug-likeness (QED) is 0.728. The van der Waals surface area contributed by atoms with E-state index in [9.17, 15) is 5.26 Å². The molecule has 7 heteroatoms. The van der Waals surface area contributed by atoms with E-state index in [4.69, 9.17) is 4.98 Å². The topological polar surface area (TPSA) is 80.1 Å². The van der Waals surface area contributed by atoms with Crippen molar-refractivity contribution in [2.75, 3.05) is 49.3 Å². The Morgan fingerprint density at radius 3 is 2.84 bits per heavy atom. The Balaban J connectivity index is 1.50. The normalized spacial score (nSPS) is 21.1. The van der Waals surface area contributed by atoms with Gasteiger partial charge in [0.1, 0.15) is 0 Å². The number of rotatable bonds is 6. The van der Waals surface area contributed by atoms with Gasteiger partial charge >= 0.3 is 0 Å². The summed E-state index contributed by atoms with van der Waals surface area (Å²) < 4.78 is 0. The molecular weight excluding hydrogens is 386 g/mol. The summed E-state index contributed by atoms with van der Waals surface area (Å²) in [4.78, 5) is 14.0. The molecule has 2 aliphatic rings. The summed E-state index contributed by atoms with van der Waals surface area (Å²) in [6.07, 6.45) is 8.43. The van der Waals surface area contributed by atoms with Crippen LogP contribution in [0.4, 0.5) is 23.1 Å². The predicted molar refractivity (Wildman–Crippen MR) is 126 cm³/mol. The van der Waals surface area contributed by atoms with Gasteiger partial charge in [-0.15, -0.1) is 0 Å². The van der Waals surface area contributed by atoms with Crippen molar-refractivity contribution in [3.63, 3.8) is 0 Å². The van der Waals surface area contributed by atoms with Crippen molar-refractivity contribution in [1.82, 2.24) is 14.9 Å². The Morgan fingerprint density at radius 1 is 1.19 bits per heavy atom. The smallest absolute Gasteiger partial charge is 0.229 e. The van der Waals surface area contributed by atoms with Gasteiger partial charge in [-0.1, -0.05) is 12.5 Å². The Morgan fingerprint density at radius 2 is 2.03 bits per heavy atom. The molecule has 0 amide bonds. The van der Waals surface area contributed by atoms with E-state index in [-0.39, 0.29) is 0 Å². The summed E-state index contributed by atoms with van der Waals surface area (Å²) >= 11 is 0. The van der Waals surface area contributed by atoms with E-state index >= 15 is 0 Å². The van der Waals surface area contributed by atoms with Crippen LogP contribution in [0.2, 0.25) is 0 Å². The second-order valence-corrected chi connectivity index (χ2v) is 8.97. The van der Waals surface area contributed by atoms with Crippen molar-refractivity contribution in [2.24, 2.45) is 5.92 Å². The van der Waals surface area contributed by atoms with E-state index in [0.717, 1.165) is 29.3 Å². The van der Waals surface area contributed by atoms with Crippen LogP contribution >= 0.6 is 0 Å². The van der Waals surface area contributed by atoms with Crippen LogP contribution in [0.5, 0.6) is 0 Å². The first-order valence-corrected chi connectivity index (χ1v) is 11.3. The van der Waals surface area contributed by atoms with Gasteiger partial charge < -0.3 is 20.4 Å². The van der Waals surface area contributed by atoms with E-state index in [1.54, 1.807) is 0 Å². The number of hydrogen-bond donors (Lipinski definition) is 2. The molecule has 0 spiro atoms. The number of hydrogen-bond acceptors (Lipinski definition) is 7. The third-order valence-electron chi connectivity index (χ3n) is 6.63. The molecule has 2 aliphatic heterocycles. The lowest BCUT2D eigenvalue weighted by atomic mass is 9.83. The van der Waals surface area contributed by atoms with E-state index in [1.165, 1.54) is 45.2 Å². The van der Waals surface area contributed by atoms with Crippen LogP contribution in [0, 0.1) is 24.2 Å². The zero-order chi connectivity index (χ0) is 21.8. The van der Waals surface area contributed by atoms with E-state index in [2.05, 4.69) is 26.6 Å². The van der Waals surface area contributed by atoms with Gasteiger partial charge in [0.2, 0.25) is 5.95 Å². The number of benzene rings is 1. The highest BCUT2D eigenvalue weighted by molar-refractivity contribution is 5.67. The fourth-order valence-electron chi connectivity index (χ4n) is 4.89. The molecule has 2 atom stereocenters. The maximum atomic E-state index is 9.30. The molecule has 1 aromatic heterocycles. The molecule has 4 rings (SSSR count). The van der Waals surface area contributed by atoms with Crippen LogP contribution < -0.4 is 15.5 Å². The lowest BCUT2D eigenvalue weighted by molar-refractivity contribution is 0.0649. The van der Waals surface area contributed by atoms with E-state index < -0.39 is 0 Å². The summed E-state index contributed by atoms with van der Waals surface area (Å²) in [7, 11) is 4.03. The molecule has 2 fully saturated rings. The van der Waals surface area contributed by atoms with Crippen LogP contribution in [0.25, 0.3) is 0 Å². The van der Waals surface area contributed by atoms with Crippen LogP contribution in [-0.4, -0.2) is 54.6 Å². The standard InChI is InChI=1S/C24H33N7/c1-17-9-10-20(13-19(17)14-25)28-24-27-16-22(30(2)3)23(29-24)26-15-18-7-6-12-31-11-5-4-8-21(18)31/h9-10,13,16,18,21H,4-8,11-12,15H2,1-3H3,(H2,26,27,28,29)/t18-,21+/m0/s1. The molecule has 164 valence electrons. The van der Waals surface area contributed by atoms with E-state index in [0.29, 0.717) is 23.5 Å². The Kier molecular flexibility index (Phi) is 6.57. The molecule has 2 N–H and O–H groups in total. The van der Waals surface area contributed by atoms with Gasteiger partial charge in [0, 0.05) is 32.4 Å². The van der Waals surface area contributed by atoms with Crippen LogP contribution in [0.1, 0.15) is 43.2 Å². The fourth-order valence-corrected chi connectivity index (χ4v) is 4.89. The molecular formula is C24H33N7. The minimum atomic E-state index is 0.531. The second-order valence-electron chi connectivity index (χ2n) is 8.97. The third kappa shape index (κ3) is 4.91. The number of aromatic nitrogens is 2. The van der Waals surface area contributed by atoms with Crippen LogP contribution in [0.15, 0.2) is 24.4 Å². The van der Waals surface area contributed by atoms with Crippen LogP contribution in [-0.2, 0) is 0 Å². The van der Waals surface area contributed by atoms with E-state index in [1.807, 2.05) is 50.3 Å². The van der Waals surface area contributed by atoms with Crippen molar-refractivity contribution in [1.29, 1.82) is 5.26 Å². The number of nitriles is 1. The Labute approximate surface area is 185 Å². The van der Waals surface area contributed by atoms with Crippen molar-refractivity contribution < 1.29 is 0 Å². The van der Waals surface area contributed by atoms with Gasteiger partial charge in [-0.3, -0.25) is 0 Å². The highest BCUT2D eigenvalue weighted by Crippen LogP contribution is 2.32. The summed E-state index contributed by atoms with van der Waals surface area (Å²) in [5.74, 6) is 2.04. The monoisotopic (exact) mass is 419 g/mol. The summed E-state index contributed by atoms with van der Waals surface area (Å²) in [5.41, 5.74) is 3.41. The van der Waals surface area contributed by atoms with Gasteiger partial charge in [0.05, 0.1) is 23.5 Å². The summed E-state index contributed by atoms with van der Waals surface area (Å²) in [6, 6.07) is 8.66. The van der Waals surface area contributed by atoms with Gasteiger partial charge in [-0.2, -0.15) is 10.2 Å². The highest BCUT2D eigenvalue weighted by atomic mass is 15.2. The molecule has 7 nitrogen and oxygen atoms in total. The molecule has 2 saturated heterocycles. The maximum Gasteiger partial charge on any atom is 0.229 e. The van der Waals surface area contributed by atoms with Gasteiger partial charge in [0.15, 0.2) is 5.82 Å². The van der Waals surface area contributed by atoms with Gasteiger partial charge in [-0.25, -0.2) is 4.98 Å². The second kappa shape index (κ2) is 9.52. The zero-order valence-electron chi connectivity index (χ0n) is 18.9. The molecule has 0 unspecified atom stereocenters. The molecule has 0 bridgehead atoms. The average Bonchev–Trinajstić information content (AvgIpc) is 2.78. The van der Waals surface area contributed by atoms with Crippen molar-refractivity contribution in [2.45, 2.75) is 45.1 Å². The number of aryl methyl sites for hydroxylation is 1. The van der Waals surface area contributed by atoms with Gasteiger partial charge in [0.25, 0.3) is 0 Å². The maximum absolute atomic E-state index is 9.30. The number of piperidine rings is 2. The first-order valence-electron chi connectivity index (χ1n) is 11.3. The molecule has 0 radical (unpaired) electrons. The molecule has 0 aliphatic carbocycles. The SMILES string of the molecule is Cc1ccc(Nc2ncc(N(C)C)c(NC[C@@H]3CCCN4CCCC[C@H]34)n2)cc1C#N. The van der Waals surface area contributed by atoms with Crippen LogP contribution in [0.3, 0.4) is 0 Å². The minimum absolute atomic E-state index is 0.531. The van der Waals surface area contributed by atoms with Crippen molar-refractivity contribution in [3.05, 3.63) is 35.5 Å². The molecule has 1 aromatic carbocycles. The first-order chi connectivity index (χ1) is 15.0. The molecule has 0 saturated carbocycles. The lowest BCUT2D eigenvalue weighted by Gasteiger charge is -2.44. The number of nitrogens with zero attached hydrogens (tertiary/aromatic N) is 5. The molecule has 3 heterocycles. The number of nitrogens with one attached hydrogen (secondary N) is 2. The highest BCUT2D eigenvalue weighted by Gasteiger charge is 2.32. The predicted octanol–water partition coefficient (Wildman–Crippen LogP) is 4.14.